The van der Waals surface area contributed by atoms with E-state index in [4.69, 9.17) is 4.74 Å². The van der Waals surface area contributed by atoms with Crippen LogP contribution in [0.2, 0.25) is 4.47 Å². The van der Waals surface area contributed by atoms with E-state index >= 15 is 0 Å². The predicted molar refractivity (Wildman–Crippen MR) is 110 cm³/mol. The number of rotatable bonds is 7. The van der Waals surface area contributed by atoms with Crippen LogP contribution in [0.3, 0.4) is 0 Å². The molecule has 0 aliphatic heterocycles. The van der Waals surface area contributed by atoms with Crippen molar-refractivity contribution in [2.45, 2.75) is 17.8 Å². The first-order valence-electron chi connectivity index (χ1n) is 8.68. The summed E-state index contributed by atoms with van der Waals surface area (Å²) in [5.41, 5.74) is 1.73. The molecule has 3 aromatic rings. The number of methoxy groups -OCH3 is 1. The summed E-state index contributed by atoms with van der Waals surface area (Å²) in [6, 6.07) is 20.3. The van der Waals surface area contributed by atoms with E-state index < -0.39 is 0 Å². The number of ether oxygens (including phenoxy) is 1. The third kappa shape index (κ3) is 4.58. The molecule has 3 aromatic carbocycles. The summed E-state index contributed by atoms with van der Waals surface area (Å²) >= 11 is -0.170. The zero-order chi connectivity index (χ0) is 18.4. The van der Waals surface area contributed by atoms with Crippen molar-refractivity contribution in [3.63, 3.8) is 0 Å². The maximum absolute atomic E-state index is 10.5. The molecule has 0 atom stereocenters. The van der Waals surface area contributed by atoms with Gasteiger partial charge in [-0.05, 0) is 0 Å². The zero-order valence-corrected chi connectivity index (χ0v) is 17.4. The van der Waals surface area contributed by atoms with Crippen molar-refractivity contribution in [3.8, 4) is 11.5 Å². The minimum atomic E-state index is -0.170. The molecule has 3 nitrogen and oxygen atoms in total. The Labute approximate surface area is 164 Å². The quantitative estimate of drug-likeness (QED) is 0.326. The Morgan fingerprint density at radius 1 is 1.04 bits per heavy atom. The normalized spacial score (nSPS) is 11.7. The number of hydrogen-bond acceptors (Lipinski definition) is 3. The Hall–Kier alpha value is -2.02. The van der Waals surface area contributed by atoms with E-state index in [-0.39, 0.29) is 20.9 Å². The molecule has 0 amide bonds. The summed E-state index contributed by atoms with van der Waals surface area (Å²) in [5.74, 6) is 1.24. The molecule has 0 heterocycles. The Balaban J connectivity index is 1.56. The average Bonchev–Trinajstić information content (AvgIpc) is 2.68. The fourth-order valence-electron chi connectivity index (χ4n) is 2.81. The van der Waals surface area contributed by atoms with Gasteiger partial charge in [0.1, 0.15) is 0 Å². The van der Waals surface area contributed by atoms with Gasteiger partial charge >= 0.3 is 165 Å². The van der Waals surface area contributed by atoms with Gasteiger partial charge in [-0.2, -0.15) is 0 Å². The molecular formula is C22H23NO2Te. The van der Waals surface area contributed by atoms with Crippen LogP contribution >= 0.6 is 0 Å². The van der Waals surface area contributed by atoms with Crippen molar-refractivity contribution in [1.82, 2.24) is 0 Å². The van der Waals surface area contributed by atoms with Crippen LogP contribution in [-0.4, -0.2) is 45.4 Å². The molecule has 0 spiro atoms. The first-order valence-corrected chi connectivity index (χ1v) is 11.5. The summed E-state index contributed by atoms with van der Waals surface area (Å²) in [5, 5.41) is 12.5. The van der Waals surface area contributed by atoms with Crippen molar-refractivity contribution in [2.24, 2.45) is 4.99 Å². The van der Waals surface area contributed by atoms with Crippen LogP contribution < -0.4 is 8.35 Å². The van der Waals surface area contributed by atoms with Gasteiger partial charge in [0.2, 0.25) is 0 Å². The number of benzene rings is 3. The van der Waals surface area contributed by atoms with E-state index in [0.29, 0.717) is 5.75 Å². The van der Waals surface area contributed by atoms with Crippen LogP contribution in [0.4, 0.5) is 0 Å². The number of phenols is 1. The molecule has 3 rings (SSSR count). The Kier molecular flexibility index (Phi) is 6.55. The number of nitrogens with zero attached hydrogens (tertiary/aromatic N) is 1. The molecule has 0 aromatic heterocycles. The van der Waals surface area contributed by atoms with Crippen molar-refractivity contribution >= 4 is 41.0 Å². The van der Waals surface area contributed by atoms with E-state index in [2.05, 4.69) is 17.1 Å². The van der Waals surface area contributed by atoms with Gasteiger partial charge < -0.3 is 0 Å². The standard InChI is InChI=1S/C22H23NO2Te/c1-16(20-13-8-17-6-3-4-7-21(17)22(20)24)23-14-5-15-26-19-11-9-18(25-2)10-12-19/h3-4,6-13,24H,5,14-15H2,1-2H3. The third-order valence-corrected chi connectivity index (χ3v) is 7.40. The molecule has 134 valence electrons. The minimum absolute atomic E-state index is 0.170. The maximum atomic E-state index is 10.5. The molecule has 0 aliphatic rings. The van der Waals surface area contributed by atoms with E-state index in [0.717, 1.165) is 40.8 Å². The van der Waals surface area contributed by atoms with Crippen LogP contribution in [-0.2, 0) is 0 Å². The summed E-state index contributed by atoms with van der Waals surface area (Å²) in [7, 11) is 1.69. The Morgan fingerprint density at radius 2 is 1.81 bits per heavy atom. The number of phenolic OH excluding ortho intramolecular Hbond substituents is 1. The SMILES string of the molecule is COc1ccc([Te]CCCN=C(C)c2ccc3ccccc3c2O)cc1. The molecule has 0 saturated carbocycles. The summed E-state index contributed by atoms with van der Waals surface area (Å²) in [6.07, 6.45) is 1.08. The molecule has 0 aliphatic carbocycles. The third-order valence-electron chi connectivity index (χ3n) is 4.27. The first kappa shape index (κ1) is 18.8. The molecule has 0 radical (unpaired) electrons. The van der Waals surface area contributed by atoms with Crippen LogP contribution in [0, 0.1) is 0 Å². The van der Waals surface area contributed by atoms with E-state index in [1.54, 1.807) is 7.11 Å². The van der Waals surface area contributed by atoms with Crippen molar-refractivity contribution in [1.29, 1.82) is 0 Å². The summed E-state index contributed by atoms with van der Waals surface area (Å²) in [4.78, 5) is 4.68. The van der Waals surface area contributed by atoms with Gasteiger partial charge in [0.15, 0.2) is 0 Å². The van der Waals surface area contributed by atoms with E-state index in [9.17, 15) is 5.11 Å². The summed E-state index contributed by atoms with van der Waals surface area (Å²) in [6.45, 7) is 2.78. The number of aromatic hydroxyl groups is 1. The van der Waals surface area contributed by atoms with Crippen LogP contribution in [0.5, 0.6) is 11.5 Å². The topological polar surface area (TPSA) is 41.8 Å². The fraction of sp³-hybridized carbons (Fsp3) is 0.227. The van der Waals surface area contributed by atoms with Gasteiger partial charge in [-0.25, -0.2) is 0 Å². The van der Waals surface area contributed by atoms with Crippen molar-refractivity contribution < 1.29 is 9.84 Å². The molecule has 26 heavy (non-hydrogen) atoms. The molecule has 0 unspecified atom stereocenters. The molecular weight excluding hydrogens is 438 g/mol. The van der Waals surface area contributed by atoms with Gasteiger partial charge in [0.05, 0.1) is 0 Å². The van der Waals surface area contributed by atoms with Gasteiger partial charge in [-0.1, -0.05) is 0 Å². The Morgan fingerprint density at radius 3 is 2.58 bits per heavy atom. The number of aliphatic imine (C=N–C) groups is 1. The second-order valence-corrected chi connectivity index (χ2v) is 9.36. The first-order chi connectivity index (χ1) is 12.7. The Bertz CT molecular complexity index is 904. The van der Waals surface area contributed by atoms with Gasteiger partial charge in [0.25, 0.3) is 0 Å². The molecule has 4 heteroatoms. The van der Waals surface area contributed by atoms with Gasteiger partial charge in [0, 0.05) is 0 Å². The second kappa shape index (κ2) is 9.07. The predicted octanol–water partition coefficient (Wildman–Crippen LogP) is 4.20. The van der Waals surface area contributed by atoms with Crippen molar-refractivity contribution in [2.75, 3.05) is 13.7 Å². The molecule has 1 N–H and O–H groups in total. The van der Waals surface area contributed by atoms with Crippen LogP contribution in [0.1, 0.15) is 18.9 Å². The number of hydrogen-bond donors (Lipinski definition) is 1. The van der Waals surface area contributed by atoms with E-state index in [1.807, 2.05) is 55.5 Å². The van der Waals surface area contributed by atoms with Crippen LogP contribution in [0.15, 0.2) is 65.7 Å². The van der Waals surface area contributed by atoms with Gasteiger partial charge in [-0.15, -0.1) is 0 Å². The zero-order valence-electron chi connectivity index (χ0n) is 15.1. The number of fused-ring (bicyclic) bond motifs is 1. The van der Waals surface area contributed by atoms with Crippen molar-refractivity contribution in [3.05, 3.63) is 66.2 Å². The van der Waals surface area contributed by atoms with Crippen LogP contribution in [0.25, 0.3) is 10.8 Å². The average molecular weight is 461 g/mol. The second-order valence-electron chi connectivity index (χ2n) is 6.03. The van der Waals surface area contributed by atoms with E-state index in [1.165, 1.54) is 8.08 Å². The fourth-order valence-corrected chi connectivity index (χ4v) is 5.20. The molecule has 0 fully saturated rings. The molecule has 0 saturated heterocycles. The molecule has 0 bridgehead atoms. The monoisotopic (exact) mass is 463 g/mol. The summed E-state index contributed by atoms with van der Waals surface area (Å²) < 4.78 is 7.86. The van der Waals surface area contributed by atoms with Gasteiger partial charge in [-0.3, -0.25) is 0 Å².